The van der Waals surface area contributed by atoms with Crippen LogP contribution in [0.2, 0.25) is 0 Å². The number of oxazole rings is 1. The van der Waals surface area contributed by atoms with Crippen molar-refractivity contribution < 1.29 is 18.7 Å². The first-order valence-electron chi connectivity index (χ1n) is 13.8. The molecule has 40 heavy (non-hydrogen) atoms. The molecule has 1 aliphatic carbocycles. The Labute approximate surface area is 233 Å². The lowest BCUT2D eigenvalue weighted by atomic mass is 9.87. The van der Waals surface area contributed by atoms with Gasteiger partial charge in [0.15, 0.2) is 12.3 Å². The number of fused-ring (bicyclic) bond motifs is 1. The summed E-state index contributed by atoms with van der Waals surface area (Å²) in [5.41, 5.74) is 5.71. The quantitative estimate of drug-likeness (QED) is 0.330. The number of carbonyl (C=O) groups is 2. The van der Waals surface area contributed by atoms with E-state index in [4.69, 9.17) is 9.15 Å². The van der Waals surface area contributed by atoms with Gasteiger partial charge in [0.1, 0.15) is 12.0 Å². The number of amides is 2. The molecule has 1 fully saturated rings. The number of ether oxygens (including phenoxy) is 1. The van der Waals surface area contributed by atoms with Gasteiger partial charge in [-0.2, -0.15) is 0 Å². The summed E-state index contributed by atoms with van der Waals surface area (Å²) in [6.07, 6.45) is 6.48. The predicted molar refractivity (Wildman–Crippen MR) is 149 cm³/mol. The molecular weight excluding hydrogens is 504 g/mol. The number of hydrogen-bond donors (Lipinski definition) is 1. The molecular formula is C32H32N4O4. The Morgan fingerprint density at radius 3 is 2.73 bits per heavy atom. The van der Waals surface area contributed by atoms with Crippen LogP contribution in [0.5, 0.6) is 5.75 Å². The minimum Gasteiger partial charge on any atom is -0.484 e. The maximum atomic E-state index is 13.3. The van der Waals surface area contributed by atoms with E-state index in [-0.39, 0.29) is 36.1 Å². The Morgan fingerprint density at radius 2 is 1.95 bits per heavy atom. The zero-order valence-corrected chi connectivity index (χ0v) is 22.5. The van der Waals surface area contributed by atoms with E-state index in [1.165, 1.54) is 17.4 Å². The highest BCUT2D eigenvalue weighted by molar-refractivity contribution is 5.91. The first-order chi connectivity index (χ1) is 19.5. The molecule has 2 aromatic carbocycles. The molecule has 1 atom stereocenters. The second-order valence-corrected chi connectivity index (χ2v) is 10.5. The molecule has 3 heterocycles. The van der Waals surface area contributed by atoms with E-state index in [0.29, 0.717) is 31.2 Å². The molecule has 0 radical (unpaired) electrons. The first kappa shape index (κ1) is 25.8. The molecule has 4 aromatic rings. The van der Waals surface area contributed by atoms with Gasteiger partial charge in [-0.25, -0.2) is 4.98 Å². The minimum atomic E-state index is -0.305. The highest BCUT2D eigenvalue weighted by atomic mass is 16.5. The van der Waals surface area contributed by atoms with Crippen molar-refractivity contribution in [2.24, 2.45) is 5.92 Å². The number of carbonyl (C=O) groups excluding carboxylic acids is 2. The van der Waals surface area contributed by atoms with Crippen LogP contribution < -0.4 is 10.1 Å². The number of pyridine rings is 1. The van der Waals surface area contributed by atoms with Crippen LogP contribution in [0.25, 0.3) is 0 Å². The summed E-state index contributed by atoms with van der Waals surface area (Å²) in [6, 6.07) is 20.0. The molecule has 1 saturated carbocycles. The average Bonchev–Trinajstić information content (AvgIpc) is 3.73. The fraction of sp³-hybridized carbons (Fsp3) is 0.312. The van der Waals surface area contributed by atoms with Crippen LogP contribution in [-0.4, -0.2) is 39.8 Å². The zero-order valence-electron chi connectivity index (χ0n) is 22.5. The molecule has 0 saturated heterocycles. The van der Waals surface area contributed by atoms with Gasteiger partial charge in [0.25, 0.3) is 5.91 Å². The Bertz CT molecular complexity index is 1500. The van der Waals surface area contributed by atoms with E-state index in [9.17, 15) is 9.59 Å². The van der Waals surface area contributed by atoms with Crippen LogP contribution in [-0.2, 0) is 24.2 Å². The normalized spacial score (nSPS) is 16.3. The Balaban J connectivity index is 1.13. The van der Waals surface area contributed by atoms with Crippen LogP contribution in [0.15, 0.2) is 77.5 Å². The Morgan fingerprint density at radius 1 is 1.10 bits per heavy atom. The summed E-state index contributed by atoms with van der Waals surface area (Å²) in [4.78, 5) is 36.3. The average molecular weight is 537 g/mol. The monoisotopic (exact) mass is 536 g/mol. The number of hydrogen-bond acceptors (Lipinski definition) is 6. The van der Waals surface area contributed by atoms with Crippen LogP contribution in [0.3, 0.4) is 0 Å². The summed E-state index contributed by atoms with van der Waals surface area (Å²) < 4.78 is 11.6. The fourth-order valence-corrected chi connectivity index (χ4v) is 5.16. The van der Waals surface area contributed by atoms with E-state index >= 15 is 0 Å². The van der Waals surface area contributed by atoms with Crippen molar-refractivity contribution in [1.82, 2.24) is 20.2 Å². The highest BCUT2D eigenvalue weighted by Gasteiger charge is 2.39. The van der Waals surface area contributed by atoms with Crippen LogP contribution in [0.1, 0.15) is 63.2 Å². The van der Waals surface area contributed by atoms with Crippen molar-refractivity contribution in [3.8, 4) is 5.75 Å². The van der Waals surface area contributed by atoms with Gasteiger partial charge in [-0.1, -0.05) is 42.0 Å². The number of aromatic nitrogens is 2. The molecule has 2 amide bonds. The topological polar surface area (TPSA) is 97.6 Å². The number of nitrogens with one attached hydrogen (secondary N) is 1. The summed E-state index contributed by atoms with van der Waals surface area (Å²) in [7, 11) is 0. The molecule has 1 aliphatic heterocycles. The van der Waals surface area contributed by atoms with Gasteiger partial charge in [0.2, 0.25) is 11.8 Å². The highest BCUT2D eigenvalue weighted by Crippen LogP contribution is 2.41. The van der Waals surface area contributed by atoms with E-state index in [1.54, 1.807) is 6.20 Å². The van der Waals surface area contributed by atoms with E-state index in [1.807, 2.05) is 35.2 Å². The maximum absolute atomic E-state index is 13.3. The molecule has 8 nitrogen and oxygen atoms in total. The zero-order chi connectivity index (χ0) is 27.5. The summed E-state index contributed by atoms with van der Waals surface area (Å²) >= 11 is 0. The molecule has 1 unspecified atom stereocenters. The van der Waals surface area contributed by atoms with Gasteiger partial charge in [0, 0.05) is 37.3 Å². The lowest BCUT2D eigenvalue weighted by Crippen LogP contribution is -2.41. The lowest BCUT2D eigenvalue weighted by molar-refractivity contribution is -0.134. The second-order valence-electron chi connectivity index (χ2n) is 10.5. The summed E-state index contributed by atoms with van der Waals surface area (Å²) in [5, 5.41) is 2.84. The van der Waals surface area contributed by atoms with Crippen LogP contribution in [0.4, 0.5) is 0 Å². The maximum Gasteiger partial charge on any atom is 0.273 e. The molecule has 6 rings (SSSR count). The fourth-order valence-electron chi connectivity index (χ4n) is 5.16. The number of aryl methyl sites for hydroxylation is 1. The minimum absolute atomic E-state index is 0.0833. The molecule has 0 bridgehead atoms. The van der Waals surface area contributed by atoms with Crippen molar-refractivity contribution in [1.29, 1.82) is 0 Å². The van der Waals surface area contributed by atoms with Gasteiger partial charge >= 0.3 is 0 Å². The number of nitrogens with zero attached hydrogens (tertiary/aromatic N) is 3. The standard InChI is InChI=1S/C32H32N4O4/c1-21-5-7-23(8-6-21)30-27-18-26(12-11-22(27)14-17-36(30)32(38)24-9-10-24)39-20-29-35-28(19-40-29)31(37)34-16-13-25-4-2-3-15-33-25/h2-8,11-12,15,18-19,24,30H,9-10,13-14,16-17,20H2,1H3,(H,34,37). The third-order valence-corrected chi connectivity index (χ3v) is 7.49. The third kappa shape index (κ3) is 5.76. The number of benzene rings is 2. The third-order valence-electron chi connectivity index (χ3n) is 7.49. The molecule has 2 aliphatic rings. The molecule has 0 spiro atoms. The van der Waals surface area contributed by atoms with Gasteiger partial charge in [-0.15, -0.1) is 0 Å². The van der Waals surface area contributed by atoms with Crippen LogP contribution in [0, 0.1) is 12.8 Å². The van der Waals surface area contributed by atoms with Crippen LogP contribution >= 0.6 is 0 Å². The van der Waals surface area contributed by atoms with Crippen molar-refractivity contribution in [3.05, 3.63) is 113 Å². The smallest absolute Gasteiger partial charge is 0.273 e. The Kier molecular flexibility index (Phi) is 7.31. The van der Waals surface area contributed by atoms with Gasteiger partial charge < -0.3 is 19.4 Å². The largest absolute Gasteiger partial charge is 0.484 e. The number of rotatable bonds is 9. The van der Waals surface area contributed by atoms with Gasteiger partial charge in [-0.3, -0.25) is 14.6 Å². The van der Waals surface area contributed by atoms with Crippen molar-refractivity contribution >= 4 is 11.8 Å². The predicted octanol–water partition coefficient (Wildman–Crippen LogP) is 4.81. The molecule has 2 aromatic heterocycles. The molecule has 204 valence electrons. The summed E-state index contributed by atoms with van der Waals surface area (Å²) in [6.45, 7) is 3.31. The molecule has 1 N–H and O–H groups in total. The second kappa shape index (κ2) is 11.3. The van der Waals surface area contributed by atoms with Crippen molar-refractivity contribution in [2.45, 2.75) is 45.3 Å². The van der Waals surface area contributed by atoms with Gasteiger partial charge in [0.05, 0.1) is 6.04 Å². The summed E-state index contributed by atoms with van der Waals surface area (Å²) in [5.74, 6) is 1.07. The Hall–Kier alpha value is -4.46. The van der Waals surface area contributed by atoms with Gasteiger partial charge in [-0.05, 0) is 67.1 Å². The van der Waals surface area contributed by atoms with E-state index in [2.05, 4.69) is 52.5 Å². The SMILES string of the molecule is Cc1ccc(C2c3cc(OCc4nc(C(=O)NCCc5ccccn5)co4)ccc3CCN2C(=O)C2CC2)cc1. The van der Waals surface area contributed by atoms with Crippen molar-refractivity contribution in [2.75, 3.05) is 13.1 Å². The lowest BCUT2D eigenvalue weighted by Gasteiger charge is -2.38. The van der Waals surface area contributed by atoms with Crippen molar-refractivity contribution in [3.63, 3.8) is 0 Å². The molecule has 8 heteroatoms. The van der Waals surface area contributed by atoms with E-state index < -0.39 is 0 Å². The van der Waals surface area contributed by atoms with E-state index in [0.717, 1.165) is 36.1 Å². The first-order valence-corrected chi connectivity index (χ1v) is 13.8.